The molecule has 5 heteroatoms. The molecule has 0 atom stereocenters. The van der Waals surface area contributed by atoms with E-state index in [1.165, 1.54) is 17.2 Å². The SMILES string of the molecule is O=C(O)c1cn(Nc2ccccc2)cn1. The molecule has 5 nitrogen and oxygen atoms in total. The second-order valence-electron chi connectivity index (χ2n) is 2.95. The van der Waals surface area contributed by atoms with Crippen LogP contribution in [-0.2, 0) is 0 Å². The molecule has 1 aromatic heterocycles. The van der Waals surface area contributed by atoms with E-state index in [2.05, 4.69) is 10.4 Å². The molecule has 2 aromatic rings. The molecule has 0 fully saturated rings. The molecule has 0 bridgehead atoms. The van der Waals surface area contributed by atoms with E-state index in [4.69, 9.17) is 5.11 Å². The van der Waals surface area contributed by atoms with Crippen molar-refractivity contribution in [3.63, 3.8) is 0 Å². The van der Waals surface area contributed by atoms with E-state index in [0.29, 0.717) is 0 Å². The van der Waals surface area contributed by atoms with Crippen molar-refractivity contribution in [2.45, 2.75) is 0 Å². The molecule has 0 unspecified atom stereocenters. The van der Waals surface area contributed by atoms with Crippen molar-refractivity contribution in [3.05, 3.63) is 48.5 Å². The molecule has 0 spiro atoms. The van der Waals surface area contributed by atoms with Crippen molar-refractivity contribution in [1.29, 1.82) is 0 Å². The van der Waals surface area contributed by atoms with Gasteiger partial charge in [-0.1, -0.05) is 18.2 Å². The number of nitrogens with zero attached hydrogens (tertiary/aromatic N) is 2. The topological polar surface area (TPSA) is 67.2 Å². The van der Waals surface area contributed by atoms with Crippen LogP contribution in [0.25, 0.3) is 0 Å². The Labute approximate surface area is 86.0 Å². The van der Waals surface area contributed by atoms with Crippen LogP contribution in [-0.4, -0.2) is 20.7 Å². The first-order valence-electron chi connectivity index (χ1n) is 4.35. The fourth-order valence-corrected chi connectivity index (χ4v) is 1.16. The molecule has 0 amide bonds. The number of aromatic carboxylic acids is 1. The van der Waals surface area contributed by atoms with Crippen LogP contribution >= 0.6 is 0 Å². The van der Waals surface area contributed by atoms with Crippen LogP contribution < -0.4 is 5.43 Å². The van der Waals surface area contributed by atoms with Gasteiger partial charge in [0.1, 0.15) is 6.33 Å². The van der Waals surface area contributed by atoms with Crippen LogP contribution in [0.1, 0.15) is 10.5 Å². The van der Waals surface area contributed by atoms with E-state index in [-0.39, 0.29) is 5.69 Å². The molecule has 0 aliphatic heterocycles. The Kier molecular flexibility index (Phi) is 2.37. The lowest BCUT2D eigenvalue weighted by molar-refractivity contribution is 0.0691. The average Bonchev–Trinajstić information content (AvgIpc) is 2.68. The van der Waals surface area contributed by atoms with E-state index in [9.17, 15) is 4.79 Å². The molecule has 1 aromatic carbocycles. The predicted molar refractivity (Wildman–Crippen MR) is 54.6 cm³/mol. The van der Waals surface area contributed by atoms with Gasteiger partial charge in [-0.15, -0.1) is 0 Å². The summed E-state index contributed by atoms with van der Waals surface area (Å²) in [5.74, 6) is -1.04. The molecular formula is C10H9N3O2. The Bertz CT molecular complexity index is 465. The van der Waals surface area contributed by atoms with Gasteiger partial charge in [0.25, 0.3) is 0 Å². The summed E-state index contributed by atoms with van der Waals surface area (Å²) in [6.45, 7) is 0. The van der Waals surface area contributed by atoms with Crippen molar-refractivity contribution < 1.29 is 9.90 Å². The van der Waals surface area contributed by atoms with Gasteiger partial charge in [0, 0.05) is 0 Å². The van der Waals surface area contributed by atoms with Gasteiger partial charge in [0.05, 0.1) is 11.9 Å². The van der Waals surface area contributed by atoms with E-state index < -0.39 is 5.97 Å². The molecule has 2 rings (SSSR count). The standard InChI is InChI=1S/C10H9N3O2/c14-10(15)9-6-13(7-11-9)12-8-4-2-1-3-5-8/h1-7,12H,(H,14,15). The van der Waals surface area contributed by atoms with Gasteiger partial charge >= 0.3 is 5.97 Å². The van der Waals surface area contributed by atoms with Gasteiger partial charge in [-0.2, -0.15) is 0 Å². The van der Waals surface area contributed by atoms with E-state index in [0.717, 1.165) is 5.69 Å². The van der Waals surface area contributed by atoms with Crippen LogP contribution in [0, 0.1) is 0 Å². The summed E-state index contributed by atoms with van der Waals surface area (Å²) in [6, 6.07) is 9.43. The van der Waals surface area contributed by atoms with Gasteiger partial charge in [0.2, 0.25) is 0 Å². The maximum atomic E-state index is 10.6. The molecule has 76 valence electrons. The Morgan fingerprint density at radius 2 is 2.07 bits per heavy atom. The number of nitrogens with one attached hydrogen (secondary N) is 1. The number of rotatable bonds is 3. The quantitative estimate of drug-likeness (QED) is 0.792. The number of anilines is 1. The Morgan fingerprint density at radius 1 is 1.33 bits per heavy atom. The van der Waals surface area contributed by atoms with Crippen molar-refractivity contribution in [1.82, 2.24) is 9.66 Å². The minimum absolute atomic E-state index is 0.0124. The molecule has 1 heterocycles. The molecule has 15 heavy (non-hydrogen) atoms. The van der Waals surface area contributed by atoms with E-state index in [1.807, 2.05) is 30.3 Å². The number of imidazole rings is 1. The minimum atomic E-state index is -1.04. The van der Waals surface area contributed by atoms with E-state index >= 15 is 0 Å². The first kappa shape index (κ1) is 9.26. The molecule has 0 aliphatic carbocycles. The summed E-state index contributed by atoms with van der Waals surface area (Å²) < 4.78 is 1.50. The van der Waals surface area contributed by atoms with Crippen LogP contribution in [0.15, 0.2) is 42.9 Å². The zero-order valence-electron chi connectivity index (χ0n) is 7.79. The Hall–Kier alpha value is -2.30. The zero-order chi connectivity index (χ0) is 10.7. The highest BCUT2D eigenvalue weighted by atomic mass is 16.4. The van der Waals surface area contributed by atoms with Gasteiger partial charge in [-0.05, 0) is 12.1 Å². The number of benzene rings is 1. The molecule has 0 saturated carbocycles. The fourth-order valence-electron chi connectivity index (χ4n) is 1.16. The third-order valence-electron chi connectivity index (χ3n) is 1.83. The number of carbonyl (C=O) groups is 1. The third kappa shape index (κ3) is 2.14. The maximum Gasteiger partial charge on any atom is 0.356 e. The van der Waals surface area contributed by atoms with Crippen molar-refractivity contribution in [2.24, 2.45) is 0 Å². The van der Waals surface area contributed by atoms with Crippen LogP contribution in [0.5, 0.6) is 0 Å². The van der Waals surface area contributed by atoms with Crippen molar-refractivity contribution in [2.75, 3.05) is 5.43 Å². The second kappa shape index (κ2) is 3.83. The maximum absolute atomic E-state index is 10.6. The highest BCUT2D eigenvalue weighted by Gasteiger charge is 2.05. The smallest absolute Gasteiger partial charge is 0.356 e. The highest BCUT2D eigenvalue weighted by molar-refractivity contribution is 5.84. The van der Waals surface area contributed by atoms with E-state index in [1.54, 1.807) is 0 Å². The van der Waals surface area contributed by atoms with Crippen molar-refractivity contribution >= 4 is 11.7 Å². The summed E-state index contributed by atoms with van der Waals surface area (Å²) in [6.07, 6.45) is 2.83. The molecule has 2 N–H and O–H groups in total. The molecule has 0 radical (unpaired) electrons. The van der Waals surface area contributed by atoms with Gasteiger partial charge in [0.15, 0.2) is 5.69 Å². The number of carboxylic acid groups (broad SMARTS) is 1. The molecule has 0 aliphatic rings. The summed E-state index contributed by atoms with van der Waals surface area (Å²) in [4.78, 5) is 14.3. The number of aromatic nitrogens is 2. The number of carboxylic acids is 1. The van der Waals surface area contributed by atoms with Crippen LogP contribution in [0.4, 0.5) is 5.69 Å². The Balaban J connectivity index is 2.15. The lowest BCUT2D eigenvalue weighted by Crippen LogP contribution is -2.06. The third-order valence-corrected chi connectivity index (χ3v) is 1.83. The lowest BCUT2D eigenvalue weighted by Gasteiger charge is -2.04. The van der Waals surface area contributed by atoms with Crippen LogP contribution in [0.3, 0.4) is 0 Å². The van der Waals surface area contributed by atoms with Gasteiger partial charge in [-0.25, -0.2) is 14.5 Å². The minimum Gasteiger partial charge on any atom is -0.476 e. The summed E-state index contributed by atoms with van der Waals surface area (Å²) in [5.41, 5.74) is 3.85. The summed E-state index contributed by atoms with van der Waals surface area (Å²) >= 11 is 0. The van der Waals surface area contributed by atoms with Crippen LogP contribution in [0.2, 0.25) is 0 Å². The lowest BCUT2D eigenvalue weighted by atomic mass is 10.3. The number of para-hydroxylation sites is 1. The first-order valence-corrected chi connectivity index (χ1v) is 4.35. The monoisotopic (exact) mass is 203 g/mol. The first-order chi connectivity index (χ1) is 7.25. The zero-order valence-corrected chi connectivity index (χ0v) is 7.79. The second-order valence-corrected chi connectivity index (χ2v) is 2.95. The number of hydrogen-bond donors (Lipinski definition) is 2. The van der Waals surface area contributed by atoms with Crippen molar-refractivity contribution in [3.8, 4) is 0 Å². The average molecular weight is 203 g/mol. The van der Waals surface area contributed by atoms with Gasteiger partial charge in [-0.3, -0.25) is 5.43 Å². The summed E-state index contributed by atoms with van der Waals surface area (Å²) in [5, 5.41) is 8.66. The summed E-state index contributed by atoms with van der Waals surface area (Å²) in [7, 11) is 0. The predicted octanol–water partition coefficient (Wildman–Crippen LogP) is 1.46. The molecule has 0 saturated heterocycles. The highest BCUT2D eigenvalue weighted by Crippen LogP contribution is 2.05. The number of hydrogen-bond acceptors (Lipinski definition) is 3. The Morgan fingerprint density at radius 3 is 2.67 bits per heavy atom. The normalized spacial score (nSPS) is 9.87. The fraction of sp³-hybridized carbons (Fsp3) is 0. The van der Waals surface area contributed by atoms with Gasteiger partial charge < -0.3 is 5.11 Å². The molecular weight excluding hydrogens is 194 g/mol. The largest absolute Gasteiger partial charge is 0.476 e.